The Balaban J connectivity index is 1.71. The molecule has 1 atom stereocenters. The molecule has 8 nitrogen and oxygen atoms in total. The first-order chi connectivity index (χ1) is 16.4. The van der Waals surface area contributed by atoms with Crippen LogP contribution in [0.5, 0.6) is 5.75 Å². The van der Waals surface area contributed by atoms with E-state index in [9.17, 15) is 14.9 Å². The Labute approximate surface area is 204 Å². The fourth-order valence-corrected chi connectivity index (χ4v) is 4.10. The number of imidazole rings is 1. The zero-order valence-electron chi connectivity index (χ0n) is 18.3. The second kappa shape index (κ2) is 9.59. The van der Waals surface area contributed by atoms with Crippen LogP contribution in [0.25, 0.3) is 16.8 Å². The Kier molecular flexibility index (Phi) is 6.59. The maximum Gasteiger partial charge on any atom is 0.252 e. The van der Waals surface area contributed by atoms with Crippen LogP contribution in [0.4, 0.5) is 5.69 Å². The number of rotatable bonds is 6. The number of nitrogens with zero attached hydrogens (tertiary/aromatic N) is 4. The number of ether oxygens (including phenoxy) is 1. The van der Waals surface area contributed by atoms with Gasteiger partial charge in [0.15, 0.2) is 0 Å². The number of nitriles is 1. The Morgan fingerprint density at radius 2 is 2.00 bits per heavy atom. The number of pyridine rings is 2. The number of fused-ring (bicyclic) bond motifs is 1. The Bertz CT molecular complexity index is 1500. The number of aromatic nitrogens is 3. The molecule has 0 saturated heterocycles. The Hall–Kier alpha value is -3.80. The number of halogens is 2. The van der Waals surface area contributed by atoms with Gasteiger partial charge < -0.3 is 10.1 Å². The van der Waals surface area contributed by atoms with Gasteiger partial charge in [-0.15, -0.1) is 0 Å². The van der Waals surface area contributed by atoms with Gasteiger partial charge in [-0.25, -0.2) is 4.98 Å². The second-order valence-corrected chi connectivity index (χ2v) is 8.27. The van der Waals surface area contributed by atoms with Gasteiger partial charge in [-0.05, 0) is 36.8 Å². The standard InChI is InChI=1S/C24H19Cl2N5O3/c1-3-19(24(33)29-16-6-7-22-28-11-21(26)31(22)12-16)30-13-20(34-2)18(9-23(30)32)17-8-15(25)5-4-14(17)10-27/h4-9,11-13,19H,3H2,1-2H3,(H,29,33). The molecule has 0 aliphatic rings. The quantitative estimate of drug-likeness (QED) is 0.408. The summed E-state index contributed by atoms with van der Waals surface area (Å²) in [6.45, 7) is 1.80. The van der Waals surface area contributed by atoms with E-state index >= 15 is 0 Å². The third-order valence-corrected chi connectivity index (χ3v) is 5.92. The van der Waals surface area contributed by atoms with Crippen molar-refractivity contribution in [2.75, 3.05) is 12.4 Å². The van der Waals surface area contributed by atoms with Crippen LogP contribution in [0.1, 0.15) is 24.9 Å². The summed E-state index contributed by atoms with van der Waals surface area (Å²) >= 11 is 12.2. The van der Waals surface area contributed by atoms with Gasteiger partial charge >= 0.3 is 0 Å². The van der Waals surface area contributed by atoms with Gasteiger partial charge in [0, 0.05) is 28.4 Å². The zero-order chi connectivity index (χ0) is 24.4. The third kappa shape index (κ3) is 4.36. The van der Waals surface area contributed by atoms with E-state index < -0.39 is 11.6 Å². The van der Waals surface area contributed by atoms with Crippen molar-refractivity contribution in [1.82, 2.24) is 14.0 Å². The maximum absolute atomic E-state index is 13.1. The number of methoxy groups -OCH3 is 1. The summed E-state index contributed by atoms with van der Waals surface area (Å²) in [4.78, 5) is 30.4. The summed E-state index contributed by atoms with van der Waals surface area (Å²) in [5.74, 6) is -0.0494. The molecular formula is C24H19Cl2N5O3. The van der Waals surface area contributed by atoms with Crippen LogP contribution in [0.2, 0.25) is 10.2 Å². The zero-order valence-corrected chi connectivity index (χ0v) is 19.8. The van der Waals surface area contributed by atoms with Crippen molar-refractivity contribution in [3.05, 3.63) is 81.1 Å². The molecule has 34 heavy (non-hydrogen) atoms. The van der Waals surface area contributed by atoms with Crippen LogP contribution < -0.4 is 15.6 Å². The summed E-state index contributed by atoms with van der Waals surface area (Å²) < 4.78 is 8.47. The molecule has 0 bridgehead atoms. The minimum Gasteiger partial charge on any atom is -0.495 e. The number of nitrogens with one attached hydrogen (secondary N) is 1. The fraction of sp³-hybridized carbons (Fsp3) is 0.167. The summed E-state index contributed by atoms with van der Waals surface area (Å²) in [6.07, 6.45) is 5.00. The molecule has 10 heteroatoms. The van der Waals surface area contributed by atoms with Crippen molar-refractivity contribution in [3.8, 4) is 22.9 Å². The van der Waals surface area contributed by atoms with Crippen LogP contribution in [-0.2, 0) is 4.79 Å². The Morgan fingerprint density at radius 1 is 1.21 bits per heavy atom. The molecule has 1 amide bonds. The number of carbonyl (C=O) groups excluding carboxylic acids is 1. The molecule has 1 unspecified atom stereocenters. The highest BCUT2D eigenvalue weighted by atomic mass is 35.5. The lowest BCUT2D eigenvalue weighted by Gasteiger charge is -2.20. The van der Waals surface area contributed by atoms with Crippen LogP contribution in [0.15, 0.2) is 59.8 Å². The predicted octanol–water partition coefficient (Wildman–Crippen LogP) is 4.94. The van der Waals surface area contributed by atoms with Crippen molar-refractivity contribution in [3.63, 3.8) is 0 Å². The summed E-state index contributed by atoms with van der Waals surface area (Å²) in [6, 6.07) is 10.8. The number of amides is 1. The Morgan fingerprint density at radius 3 is 2.71 bits per heavy atom. The largest absolute Gasteiger partial charge is 0.495 e. The predicted molar refractivity (Wildman–Crippen MR) is 131 cm³/mol. The SMILES string of the molecule is CCC(C(=O)Nc1ccc2ncc(Cl)n2c1)n1cc(OC)c(-c2cc(Cl)ccc2C#N)cc1=O. The molecule has 0 fully saturated rings. The van der Waals surface area contributed by atoms with E-state index in [4.69, 9.17) is 27.9 Å². The number of carbonyl (C=O) groups is 1. The number of hydrogen-bond acceptors (Lipinski definition) is 5. The molecule has 0 spiro atoms. The van der Waals surface area contributed by atoms with Crippen molar-refractivity contribution in [2.24, 2.45) is 0 Å². The average Bonchev–Trinajstić information content (AvgIpc) is 3.20. The summed E-state index contributed by atoms with van der Waals surface area (Å²) in [7, 11) is 1.45. The molecule has 1 N–H and O–H groups in total. The average molecular weight is 496 g/mol. The van der Waals surface area contributed by atoms with E-state index in [0.29, 0.717) is 50.4 Å². The first kappa shape index (κ1) is 23.4. The van der Waals surface area contributed by atoms with E-state index in [1.807, 2.05) is 0 Å². The van der Waals surface area contributed by atoms with E-state index in [1.165, 1.54) is 30.1 Å². The topological polar surface area (TPSA) is 101 Å². The first-order valence-electron chi connectivity index (χ1n) is 10.3. The molecular weight excluding hydrogens is 477 g/mol. The normalized spacial score (nSPS) is 11.7. The van der Waals surface area contributed by atoms with Gasteiger partial charge in [0.05, 0.1) is 36.8 Å². The molecule has 4 aromatic rings. The molecule has 0 aliphatic heterocycles. The minimum atomic E-state index is -0.806. The number of benzene rings is 1. The van der Waals surface area contributed by atoms with Crippen LogP contribution in [-0.4, -0.2) is 27.0 Å². The lowest BCUT2D eigenvalue weighted by Crippen LogP contribution is -2.32. The van der Waals surface area contributed by atoms with Gasteiger partial charge in [-0.3, -0.25) is 18.6 Å². The summed E-state index contributed by atoms with van der Waals surface area (Å²) in [5.41, 5.74) is 1.96. The molecule has 0 radical (unpaired) electrons. The molecule has 3 heterocycles. The van der Waals surface area contributed by atoms with Crippen molar-refractivity contribution in [2.45, 2.75) is 19.4 Å². The second-order valence-electron chi connectivity index (χ2n) is 7.44. The molecule has 3 aromatic heterocycles. The van der Waals surface area contributed by atoms with Gasteiger partial charge in [-0.1, -0.05) is 30.1 Å². The molecule has 4 rings (SSSR count). The van der Waals surface area contributed by atoms with Crippen LogP contribution in [0, 0.1) is 11.3 Å². The molecule has 0 aliphatic carbocycles. The van der Waals surface area contributed by atoms with E-state index in [2.05, 4.69) is 16.4 Å². The van der Waals surface area contributed by atoms with Crippen LogP contribution in [0.3, 0.4) is 0 Å². The van der Waals surface area contributed by atoms with Gasteiger partial charge in [0.2, 0.25) is 5.91 Å². The van der Waals surface area contributed by atoms with Crippen LogP contribution >= 0.6 is 23.2 Å². The molecule has 172 valence electrons. The van der Waals surface area contributed by atoms with E-state index in [0.717, 1.165) is 0 Å². The van der Waals surface area contributed by atoms with E-state index in [1.54, 1.807) is 47.9 Å². The first-order valence-corrected chi connectivity index (χ1v) is 11.1. The van der Waals surface area contributed by atoms with Crippen molar-refractivity contribution < 1.29 is 9.53 Å². The highest BCUT2D eigenvalue weighted by Gasteiger charge is 2.23. The van der Waals surface area contributed by atoms with Gasteiger partial charge in [0.25, 0.3) is 5.56 Å². The highest BCUT2D eigenvalue weighted by Crippen LogP contribution is 2.33. The monoisotopic (exact) mass is 495 g/mol. The smallest absolute Gasteiger partial charge is 0.252 e. The van der Waals surface area contributed by atoms with Gasteiger partial charge in [-0.2, -0.15) is 5.26 Å². The maximum atomic E-state index is 13.1. The van der Waals surface area contributed by atoms with Gasteiger partial charge in [0.1, 0.15) is 22.6 Å². The van der Waals surface area contributed by atoms with Crippen molar-refractivity contribution >= 4 is 40.4 Å². The highest BCUT2D eigenvalue weighted by molar-refractivity contribution is 6.31. The summed E-state index contributed by atoms with van der Waals surface area (Å²) in [5, 5.41) is 13.1. The van der Waals surface area contributed by atoms with E-state index in [-0.39, 0.29) is 5.91 Å². The fourth-order valence-electron chi connectivity index (χ4n) is 3.74. The molecule has 1 aromatic carbocycles. The third-order valence-electron chi connectivity index (χ3n) is 5.41. The lowest BCUT2D eigenvalue weighted by molar-refractivity contribution is -0.119. The molecule has 0 saturated carbocycles. The number of anilines is 1. The van der Waals surface area contributed by atoms with Crippen molar-refractivity contribution in [1.29, 1.82) is 5.26 Å². The number of hydrogen-bond donors (Lipinski definition) is 1. The lowest BCUT2D eigenvalue weighted by atomic mass is 10.00. The minimum absolute atomic E-state index is 0.330.